The summed E-state index contributed by atoms with van der Waals surface area (Å²) in [6.07, 6.45) is -1.03. The smallest absolute Gasteiger partial charge is 0.407 e. The maximum absolute atomic E-state index is 12.2. The number of carbonyl (C=O) groups excluding carboxylic acids is 2. The zero-order chi connectivity index (χ0) is 24.2. The molecule has 1 aliphatic carbocycles. The number of rotatable bonds is 8. The molecule has 4 rings (SSSR count). The van der Waals surface area contributed by atoms with Gasteiger partial charge >= 0.3 is 12.1 Å². The van der Waals surface area contributed by atoms with Crippen molar-refractivity contribution in [2.75, 3.05) is 18.5 Å². The Morgan fingerprint density at radius 2 is 1.71 bits per heavy atom. The second-order valence-corrected chi connectivity index (χ2v) is 7.95. The van der Waals surface area contributed by atoms with E-state index in [0.29, 0.717) is 0 Å². The Bertz CT molecular complexity index is 1190. The summed E-state index contributed by atoms with van der Waals surface area (Å²) in [6, 6.07) is 16.0. The summed E-state index contributed by atoms with van der Waals surface area (Å²) in [5.74, 6) is -1.94. The van der Waals surface area contributed by atoms with Crippen LogP contribution in [0.5, 0.6) is 0 Å². The first kappa shape index (κ1) is 23.0. The molecule has 1 aliphatic rings. The lowest BCUT2D eigenvalue weighted by atomic mass is 9.98. The molecule has 10 heteroatoms. The molecule has 3 aromatic rings. The second-order valence-electron chi connectivity index (χ2n) is 7.95. The highest BCUT2D eigenvalue weighted by atomic mass is 16.5. The molecular weight excluding hydrogens is 440 g/mol. The molecule has 0 saturated heterocycles. The minimum absolute atomic E-state index is 0.0247. The number of hydrogen-bond donors (Lipinski definition) is 4. The van der Waals surface area contributed by atoms with Crippen molar-refractivity contribution in [3.63, 3.8) is 0 Å². The van der Waals surface area contributed by atoms with Crippen LogP contribution in [0.1, 0.15) is 34.0 Å². The number of aliphatic hydroxyl groups excluding tert-OH is 1. The minimum atomic E-state index is -1.24. The Balaban J connectivity index is 1.26. The van der Waals surface area contributed by atoms with Crippen molar-refractivity contribution in [1.82, 2.24) is 15.1 Å². The van der Waals surface area contributed by atoms with Crippen molar-refractivity contribution in [2.24, 2.45) is 7.05 Å². The lowest BCUT2D eigenvalue weighted by Crippen LogP contribution is -2.35. The largest absolute Gasteiger partial charge is 0.476 e. The third-order valence-electron chi connectivity index (χ3n) is 5.66. The van der Waals surface area contributed by atoms with Crippen molar-refractivity contribution < 1.29 is 29.3 Å². The first-order valence-electron chi connectivity index (χ1n) is 10.7. The van der Waals surface area contributed by atoms with Gasteiger partial charge in [0.25, 0.3) is 0 Å². The van der Waals surface area contributed by atoms with Gasteiger partial charge in [0.15, 0.2) is 5.69 Å². The molecular formula is C24H24N4O6. The summed E-state index contributed by atoms with van der Waals surface area (Å²) in [5.41, 5.74) is 4.26. The average molecular weight is 464 g/mol. The number of anilines is 1. The molecule has 0 spiro atoms. The number of aromatic nitrogens is 2. The minimum Gasteiger partial charge on any atom is -0.476 e. The fourth-order valence-corrected chi connectivity index (χ4v) is 4.12. The SMILES string of the molecule is Cn1ncc(NC(=O)CC(O)CNC(=O)OCC2c3ccccc3-c3ccccc32)c1C(=O)O. The van der Waals surface area contributed by atoms with Crippen molar-refractivity contribution in [3.05, 3.63) is 71.5 Å². The van der Waals surface area contributed by atoms with E-state index in [4.69, 9.17) is 4.74 Å². The fourth-order valence-electron chi connectivity index (χ4n) is 4.12. The highest BCUT2D eigenvalue weighted by Gasteiger charge is 2.29. The van der Waals surface area contributed by atoms with Gasteiger partial charge in [0, 0.05) is 19.5 Å². The fraction of sp³-hybridized carbons (Fsp3) is 0.250. The number of fused-ring (bicyclic) bond motifs is 3. The topological polar surface area (TPSA) is 143 Å². The van der Waals surface area contributed by atoms with E-state index in [1.807, 2.05) is 48.5 Å². The number of nitrogens with one attached hydrogen (secondary N) is 2. The quantitative estimate of drug-likeness (QED) is 0.401. The number of hydrogen-bond acceptors (Lipinski definition) is 6. The van der Waals surface area contributed by atoms with E-state index < -0.39 is 24.1 Å². The Morgan fingerprint density at radius 1 is 1.09 bits per heavy atom. The van der Waals surface area contributed by atoms with Gasteiger partial charge in [0.05, 0.1) is 24.4 Å². The molecule has 1 aromatic heterocycles. The first-order chi connectivity index (χ1) is 16.3. The molecule has 34 heavy (non-hydrogen) atoms. The maximum atomic E-state index is 12.2. The van der Waals surface area contributed by atoms with Crippen molar-refractivity contribution in [2.45, 2.75) is 18.4 Å². The molecule has 0 saturated carbocycles. The molecule has 0 aliphatic heterocycles. The monoisotopic (exact) mass is 464 g/mol. The average Bonchev–Trinajstić information content (AvgIpc) is 3.33. The van der Waals surface area contributed by atoms with Crippen LogP contribution in [0.25, 0.3) is 11.1 Å². The molecule has 1 atom stereocenters. The molecule has 10 nitrogen and oxygen atoms in total. The number of aryl methyl sites for hydroxylation is 1. The molecule has 4 N–H and O–H groups in total. The third kappa shape index (κ3) is 4.76. The van der Waals surface area contributed by atoms with Gasteiger partial charge in [0.1, 0.15) is 6.61 Å². The van der Waals surface area contributed by atoms with Gasteiger partial charge in [-0.3, -0.25) is 9.48 Å². The number of carboxylic acid groups (broad SMARTS) is 1. The molecule has 1 unspecified atom stereocenters. The van der Waals surface area contributed by atoms with E-state index >= 15 is 0 Å². The molecule has 1 heterocycles. The van der Waals surface area contributed by atoms with E-state index in [0.717, 1.165) is 26.9 Å². The zero-order valence-electron chi connectivity index (χ0n) is 18.4. The molecule has 2 amide bonds. The predicted octanol–water partition coefficient (Wildman–Crippen LogP) is 2.35. The van der Waals surface area contributed by atoms with Crippen LogP contribution in [0.3, 0.4) is 0 Å². The Morgan fingerprint density at radius 3 is 2.32 bits per heavy atom. The summed E-state index contributed by atoms with van der Waals surface area (Å²) in [6.45, 7) is -0.0711. The van der Waals surface area contributed by atoms with Crippen molar-refractivity contribution in [3.8, 4) is 11.1 Å². The summed E-state index contributed by atoms with van der Waals surface area (Å²) in [5, 5.41) is 27.9. The van der Waals surface area contributed by atoms with Gasteiger partial charge in [-0.15, -0.1) is 0 Å². The van der Waals surface area contributed by atoms with Crippen LogP contribution >= 0.6 is 0 Å². The van der Waals surface area contributed by atoms with Gasteiger partial charge in [0.2, 0.25) is 5.91 Å². The number of aliphatic hydroxyl groups is 1. The highest BCUT2D eigenvalue weighted by molar-refractivity contribution is 5.99. The number of alkyl carbamates (subject to hydrolysis) is 1. The maximum Gasteiger partial charge on any atom is 0.407 e. The zero-order valence-corrected chi connectivity index (χ0v) is 18.4. The molecule has 2 aromatic carbocycles. The Kier molecular flexibility index (Phi) is 6.60. The molecule has 0 fully saturated rings. The highest BCUT2D eigenvalue weighted by Crippen LogP contribution is 2.44. The number of amides is 2. The normalized spacial score (nSPS) is 13.0. The summed E-state index contributed by atoms with van der Waals surface area (Å²) in [4.78, 5) is 35.6. The van der Waals surface area contributed by atoms with Crippen molar-refractivity contribution in [1.29, 1.82) is 0 Å². The van der Waals surface area contributed by atoms with Gasteiger partial charge in [-0.1, -0.05) is 48.5 Å². The molecule has 0 radical (unpaired) electrons. The van der Waals surface area contributed by atoms with Crippen LogP contribution in [0, 0.1) is 0 Å². The van der Waals surface area contributed by atoms with E-state index in [1.165, 1.54) is 13.2 Å². The number of benzene rings is 2. The lowest BCUT2D eigenvalue weighted by molar-refractivity contribution is -0.118. The van der Waals surface area contributed by atoms with Gasteiger partial charge < -0.3 is 25.6 Å². The van der Waals surface area contributed by atoms with Gasteiger partial charge in [-0.2, -0.15) is 5.10 Å². The number of carboxylic acids is 1. The van der Waals surface area contributed by atoms with E-state index in [-0.39, 0.29) is 36.9 Å². The molecule has 0 bridgehead atoms. The van der Waals surface area contributed by atoms with Crippen LogP contribution in [0.15, 0.2) is 54.7 Å². The van der Waals surface area contributed by atoms with E-state index in [1.54, 1.807) is 0 Å². The predicted molar refractivity (Wildman–Crippen MR) is 122 cm³/mol. The van der Waals surface area contributed by atoms with Crippen LogP contribution in [0.4, 0.5) is 10.5 Å². The van der Waals surface area contributed by atoms with E-state index in [2.05, 4.69) is 15.7 Å². The number of ether oxygens (including phenoxy) is 1. The number of nitrogens with zero attached hydrogens (tertiary/aromatic N) is 2. The van der Waals surface area contributed by atoms with Crippen molar-refractivity contribution >= 4 is 23.7 Å². The second kappa shape index (κ2) is 9.75. The van der Waals surface area contributed by atoms with Crippen LogP contribution in [0.2, 0.25) is 0 Å². The summed E-state index contributed by atoms with van der Waals surface area (Å²) >= 11 is 0. The van der Waals surface area contributed by atoms with Gasteiger partial charge in [-0.25, -0.2) is 9.59 Å². The lowest BCUT2D eigenvalue weighted by Gasteiger charge is -2.16. The first-order valence-corrected chi connectivity index (χ1v) is 10.7. The van der Waals surface area contributed by atoms with E-state index in [9.17, 15) is 24.6 Å². The standard InChI is InChI=1S/C24H24N4O6/c1-28-22(23(31)32)20(12-26-28)27-21(30)10-14(29)11-25-24(33)34-13-19-17-8-4-2-6-15(17)16-7-3-5-9-18(16)19/h2-9,12,14,19,29H,10-11,13H2,1H3,(H,25,33)(H,27,30)(H,31,32). The van der Waals surface area contributed by atoms with Crippen LogP contribution < -0.4 is 10.6 Å². The van der Waals surface area contributed by atoms with Crippen LogP contribution in [-0.2, 0) is 16.6 Å². The Hall–Kier alpha value is -4.18. The Labute approximate surface area is 195 Å². The summed E-state index contributed by atoms with van der Waals surface area (Å²) in [7, 11) is 1.44. The molecule has 176 valence electrons. The number of aromatic carboxylic acids is 1. The van der Waals surface area contributed by atoms with Gasteiger partial charge in [-0.05, 0) is 22.3 Å². The summed E-state index contributed by atoms with van der Waals surface area (Å²) < 4.78 is 6.52. The third-order valence-corrected chi connectivity index (χ3v) is 5.66. The number of carbonyl (C=O) groups is 3. The van der Waals surface area contributed by atoms with Crippen LogP contribution in [-0.4, -0.2) is 57.2 Å².